The van der Waals surface area contributed by atoms with E-state index in [9.17, 15) is 0 Å². The Kier molecular flexibility index (Phi) is 6.72. The highest BCUT2D eigenvalue weighted by Crippen LogP contribution is 2.49. The van der Waals surface area contributed by atoms with Crippen molar-refractivity contribution in [1.82, 2.24) is 0 Å². The minimum absolute atomic E-state index is 0.0111. The smallest absolute Gasteiger partial charge is 0.0434 e. The number of benzene rings is 9. The number of rotatable bonds is 3. The highest BCUT2D eigenvalue weighted by molar-refractivity contribution is 7.26. The van der Waals surface area contributed by atoms with Crippen LogP contribution in [0.1, 0.15) is 26.3 Å². The van der Waals surface area contributed by atoms with Crippen molar-refractivity contribution < 1.29 is 0 Å². The van der Waals surface area contributed by atoms with E-state index in [1.54, 1.807) is 0 Å². The van der Waals surface area contributed by atoms with Gasteiger partial charge in [-0.2, -0.15) is 0 Å². The van der Waals surface area contributed by atoms with Crippen LogP contribution in [0, 0.1) is 0 Å². The summed E-state index contributed by atoms with van der Waals surface area (Å²) in [6, 6.07) is 60.9. The van der Waals surface area contributed by atoms with Crippen LogP contribution in [0.2, 0.25) is 0 Å². The van der Waals surface area contributed by atoms with Crippen molar-refractivity contribution >= 4 is 74.6 Å². The van der Waals surface area contributed by atoms with Gasteiger partial charge in [0.05, 0.1) is 0 Å². The predicted octanol–water partition coefficient (Wildman–Crippen LogP) is 15.0. The zero-order chi connectivity index (χ0) is 34.3. The third-order valence-electron chi connectivity index (χ3n) is 10.7. The maximum atomic E-state index is 2.45. The maximum Gasteiger partial charge on any atom is 0.0434 e. The molecule has 0 bridgehead atoms. The van der Waals surface area contributed by atoms with E-state index >= 15 is 0 Å². The van der Waals surface area contributed by atoms with Crippen molar-refractivity contribution in [3.63, 3.8) is 0 Å². The Morgan fingerprint density at radius 1 is 0.353 bits per heavy atom. The molecule has 0 saturated carbocycles. The number of hydrogen-bond donors (Lipinski definition) is 0. The molecule has 10 aromatic rings. The molecule has 0 radical (unpaired) electrons. The van der Waals surface area contributed by atoms with E-state index in [1.807, 2.05) is 11.3 Å². The van der Waals surface area contributed by atoms with Crippen molar-refractivity contribution in [3.05, 3.63) is 169 Å². The molecule has 0 spiro atoms. The highest BCUT2D eigenvalue weighted by atomic mass is 32.1. The van der Waals surface area contributed by atoms with Crippen LogP contribution in [0.15, 0.2) is 164 Å². The van der Waals surface area contributed by atoms with Gasteiger partial charge in [0.1, 0.15) is 0 Å². The number of thiophene rings is 1. The Morgan fingerprint density at radius 2 is 0.804 bits per heavy atom. The van der Waals surface area contributed by atoms with E-state index in [1.165, 1.54) is 102 Å². The van der Waals surface area contributed by atoms with E-state index in [4.69, 9.17) is 0 Å². The first-order chi connectivity index (χ1) is 25.0. The minimum atomic E-state index is 0.0111. The zero-order valence-electron chi connectivity index (χ0n) is 29.0. The Hall–Kier alpha value is -5.76. The minimum Gasteiger partial charge on any atom is -0.135 e. The predicted molar refractivity (Wildman–Crippen MR) is 224 cm³/mol. The van der Waals surface area contributed by atoms with Crippen LogP contribution in [0.5, 0.6) is 0 Å². The van der Waals surface area contributed by atoms with Crippen LogP contribution >= 0.6 is 11.3 Å². The van der Waals surface area contributed by atoms with Crippen molar-refractivity contribution in [2.45, 2.75) is 26.2 Å². The third-order valence-corrected chi connectivity index (χ3v) is 11.9. The molecule has 0 aliphatic heterocycles. The molecular weight excluding hydrogens is 633 g/mol. The van der Waals surface area contributed by atoms with E-state index in [0.717, 1.165) is 0 Å². The van der Waals surface area contributed by atoms with Gasteiger partial charge < -0.3 is 0 Å². The molecule has 0 amide bonds. The normalized spacial score (nSPS) is 12.2. The molecule has 0 aliphatic rings. The molecule has 1 heterocycles. The van der Waals surface area contributed by atoms with Gasteiger partial charge in [-0.3, -0.25) is 0 Å². The van der Waals surface area contributed by atoms with Crippen LogP contribution in [0.4, 0.5) is 0 Å². The number of hydrogen-bond acceptors (Lipinski definition) is 1. The lowest BCUT2D eigenvalue weighted by atomic mass is 9.78. The summed E-state index contributed by atoms with van der Waals surface area (Å²) in [5, 5.41) is 13.1. The van der Waals surface area contributed by atoms with Gasteiger partial charge in [-0.05, 0) is 88.0 Å². The second-order valence-corrected chi connectivity index (χ2v) is 15.8. The van der Waals surface area contributed by atoms with Gasteiger partial charge in [0, 0.05) is 25.7 Å². The average molecular weight is 669 g/mol. The Bertz CT molecular complexity index is 2880. The molecule has 10 rings (SSSR count). The van der Waals surface area contributed by atoms with Crippen molar-refractivity contribution in [2.75, 3.05) is 0 Å². The largest absolute Gasteiger partial charge is 0.135 e. The van der Waals surface area contributed by atoms with Crippen molar-refractivity contribution in [2.24, 2.45) is 0 Å². The highest BCUT2D eigenvalue weighted by Gasteiger charge is 2.24. The number of fused-ring (bicyclic) bond motifs is 7. The molecule has 242 valence electrons. The van der Waals surface area contributed by atoms with E-state index in [-0.39, 0.29) is 5.41 Å². The molecule has 0 N–H and O–H groups in total. The summed E-state index contributed by atoms with van der Waals surface area (Å²) in [4.78, 5) is 0. The van der Waals surface area contributed by atoms with E-state index < -0.39 is 0 Å². The van der Waals surface area contributed by atoms with Gasteiger partial charge in [-0.1, -0.05) is 178 Å². The Balaban J connectivity index is 1.25. The van der Waals surface area contributed by atoms with Gasteiger partial charge >= 0.3 is 0 Å². The van der Waals surface area contributed by atoms with E-state index in [0.29, 0.717) is 0 Å². The molecule has 0 atom stereocenters. The molecule has 0 aliphatic carbocycles. The third kappa shape index (κ3) is 4.58. The van der Waals surface area contributed by atoms with Crippen LogP contribution in [-0.4, -0.2) is 0 Å². The summed E-state index contributed by atoms with van der Waals surface area (Å²) >= 11 is 1.93. The SMILES string of the molecule is CC(C)(C)c1c2ccccc2c(-c2ccc3c(c2)sc2c(-c4c5ccccc5c(-c5ccccc5)c5ccccc45)cccc23)c2ccccc12. The molecule has 1 aromatic heterocycles. The van der Waals surface area contributed by atoms with Crippen LogP contribution in [-0.2, 0) is 5.41 Å². The van der Waals surface area contributed by atoms with Gasteiger partial charge in [0.15, 0.2) is 0 Å². The quantitative estimate of drug-likeness (QED) is 0.164. The van der Waals surface area contributed by atoms with Crippen molar-refractivity contribution in [1.29, 1.82) is 0 Å². The molecule has 0 unspecified atom stereocenters. The van der Waals surface area contributed by atoms with Crippen LogP contribution in [0.3, 0.4) is 0 Å². The van der Waals surface area contributed by atoms with Crippen LogP contribution < -0.4 is 0 Å². The topological polar surface area (TPSA) is 0 Å². The Morgan fingerprint density at radius 3 is 1.35 bits per heavy atom. The lowest BCUT2D eigenvalue weighted by molar-refractivity contribution is 0.601. The fourth-order valence-electron chi connectivity index (χ4n) is 8.73. The fraction of sp³-hybridized carbons (Fsp3) is 0.0800. The standard InChI is InChI=1S/C50H36S/c1-50(2,3)48-40-24-13-11-22-38(40)46(39-23-12-14-25-41(39)48)32-28-29-33-42-26-15-27-43(49(42)51-44(33)30-32)47-36-20-9-7-18-34(36)45(31-16-5-4-6-17-31)35-19-8-10-21-37(35)47/h4-30H,1-3H3. The summed E-state index contributed by atoms with van der Waals surface area (Å²) in [6.45, 7) is 7.01. The molecule has 0 nitrogen and oxygen atoms in total. The second-order valence-electron chi connectivity index (χ2n) is 14.8. The summed E-state index contributed by atoms with van der Waals surface area (Å²) in [5.41, 5.74) is 9.18. The summed E-state index contributed by atoms with van der Waals surface area (Å²) in [5.74, 6) is 0. The molecule has 0 saturated heterocycles. The van der Waals surface area contributed by atoms with Crippen molar-refractivity contribution in [3.8, 4) is 33.4 Å². The van der Waals surface area contributed by atoms with Crippen LogP contribution in [0.25, 0.3) is 96.6 Å². The average Bonchev–Trinajstić information content (AvgIpc) is 3.54. The lowest BCUT2D eigenvalue weighted by Crippen LogP contribution is -2.13. The first kappa shape index (κ1) is 30.1. The summed E-state index contributed by atoms with van der Waals surface area (Å²) < 4.78 is 2.66. The molecule has 1 heteroatoms. The zero-order valence-corrected chi connectivity index (χ0v) is 29.8. The first-order valence-corrected chi connectivity index (χ1v) is 18.7. The summed E-state index contributed by atoms with van der Waals surface area (Å²) in [6.07, 6.45) is 0. The summed E-state index contributed by atoms with van der Waals surface area (Å²) in [7, 11) is 0. The lowest BCUT2D eigenvalue weighted by Gasteiger charge is -2.26. The molecule has 9 aromatic carbocycles. The van der Waals surface area contributed by atoms with Gasteiger partial charge in [0.2, 0.25) is 0 Å². The maximum absolute atomic E-state index is 2.45. The monoisotopic (exact) mass is 668 g/mol. The van der Waals surface area contributed by atoms with Gasteiger partial charge in [0.25, 0.3) is 0 Å². The second kappa shape index (κ2) is 11.4. The van der Waals surface area contributed by atoms with Gasteiger partial charge in [-0.25, -0.2) is 0 Å². The van der Waals surface area contributed by atoms with E-state index in [2.05, 4.69) is 185 Å². The van der Waals surface area contributed by atoms with Gasteiger partial charge in [-0.15, -0.1) is 11.3 Å². The molecule has 51 heavy (non-hydrogen) atoms. The molecule has 0 fully saturated rings. The first-order valence-electron chi connectivity index (χ1n) is 17.9. The Labute approximate surface area is 302 Å². The fourth-order valence-corrected chi connectivity index (χ4v) is 9.99. The molecular formula is C50H36S.